The van der Waals surface area contributed by atoms with Crippen molar-refractivity contribution in [1.82, 2.24) is 10.2 Å². The van der Waals surface area contributed by atoms with Crippen LogP contribution in [0.1, 0.15) is 29.9 Å². The van der Waals surface area contributed by atoms with Gasteiger partial charge in [0.1, 0.15) is 17.3 Å². The van der Waals surface area contributed by atoms with Crippen molar-refractivity contribution in [1.29, 1.82) is 0 Å². The third-order valence-electron chi connectivity index (χ3n) is 4.97. The maximum Gasteiger partial charge on any atom is 0.256 e. The summed E-state index contributed by atoms with van der Waals surface area (Å²) in [6.07, 6.45) is 1.99. The molecule has 27 heavy (non-hydrogen) atoms. The van der Waals surface area contributed by atoms with Crippen LogP contribution in [0.2, 0.25) is 0 Å². The number of ether oxygens (including phenoxy) is 1. The number of amides is 1. The summed E-state index contributed by atoms with van der Waals surface area (Å²) in [5.74, 6) is 2.35. The Morgan fingerprint density at radius 3 is 2.93 bits per heavy atom. The van der Waals surface area contributed by atoms with Crippen molar-refractivity contribution in [3.63, 3.8) is 0 Å². The molecule has 1 atom stereocenters. The summed E-state index contributed by atoms with van der Waals surface area (Å²) in [5.41, 5.74) is -0.357. The average molecular weight is 372 g/mol. The molecule has 146 valence electrons. The van der Waals surface area contributed by atoms with Crippen LogP contribution in [0, 0.1) is 6.92 Å². The predicted octanol–water partition coefficient (Wildman–Crippen LogP) is 2.28. The summed E-state index contributed by atoms with van der Waals surface area (Å²) in [6, 6.07) is 11.6. The number of carbonyl (C=O) groups is 1. The number of methoxy groups -OCH3 is 1. The number of carbonyl (C=O) groups excluding carboxylic acids is 1. The number of furan rings is 1. The van der Waals surface area contributed by atoms with Gasteiger partial charge in [0.15, 0.2) is 5.60 Å². The molecule has 1 aliphatic rings. The number of nitrogens with zero attached hydrogens (tertiary/aromatic N) is 1. The smallest absolute Gasteiger partial charge is 0.256 e. The van der Waals surface area contributed by atoms with Crippen molar-refractivity contribution < 1.29 is 19.1 Å². The quantitative estimate of drug-likeness (QED) is 0.696. The number of likely N-dealkylation sites (tertiary alicyclic amines) is 1. The van der Waals surface area contributed by atoms with Gasteiger partial charge >= 0.3 is 0 Å². The highest BCUT2D eigenvalue weighted by Gasteiger charge is 2.41. The number of hydrogen-bond acceptors (Lipinski definition) is 5. The van der Waals surface area contributed by atoms with Gasteiger partial charge < -0.3 is 24.5 Å². The van der Waals surface area contributed by atoms with Crippen LogP contribution >= 0.6 is 0 Å². The molecule has 1 fully saturated rings. The van der Waals surface area contributed by atoms with E-state index in [1.807, 2.05) is 43.3 Å². The maximum absolute atomic E-state index is 12.9. The third kappa shape index (κ3) is 4.90. The van der Waals surface area contributed by atoms with Crippen LogP contribution in [-0.4, -0.2) is 48.3 Å². The van der Waals surface area contributed by atoms with E-state index in [-0.39, 0.29) is 12.5 Å². The van der Waals surface area contributed by atoms with Gasteiger partial charge in [0.05, 0.1) is 7.11 Å². The molecule has 0 bridgehead atoms. The van der Waals surface area contributed by atoms with Crippen molar-refractivity contribution in [2.45, 2.75) is 38.3 Å². The molecule has 0 spiro atoms. The van der Waals surface area contributed by atoms with E-state index in [0.717, 1.165) is 35.7 Å². The van der Waals surface area contributed by atoms with Crippen molar-refractivity contribution >= 4 is 5.91 Å². The van der Waals surface area contributed by atoms with Crippen LogP contribution < -0.4 is 10.1 Å². The van der Waals surface area contributed by atoms with Crippen LogP contribution in [0.25, 0.3) is 0 Å². The average Bonchev–Trinajstić information content (AvgIpc) is 3.08. The third-order valence-corrected chi connectivity index (χ3v) is 4.97. The topological polar surface area (TPSA) is 74.9 Å². The molecule has 2 heterocycles. The van der Waals surface area contributed by atoms with Crippen molar-refractivity contribution in [3.05, 3.63) is 53.5 Å². The first-order valence-electron chi connectivity index (χ1n) is 9.41. The molecule has 1 amide bonds. The molecular formula is C21H28N2O4. The summed E-state index contributed by atoms with van der Waals surface area (Å²) in [5, 5.41) is 14.1. The molecule has 0 aliphatic carbocycles. The van der Waals surface area contributed by atoms with E-state index in [0.29, 0.717) is 26.1 Å². The molecule has 6 heteroatoms. The molecule has 1 saturated heterocycles. The first-order valence-corrected chi connectivity index (χ1v) is 9.41. The highest BCUT2D eigenvalue weighted by Crippen LogP contribution is 2.24. The van der Waals surface area contributed by atoms with E-state index >= 15 is 0 Å². The molecule has 3 rings (SSSR count). The highest BCUT2D eigenvalue weighted by molar-refractivity contribution is 5.86. The fraction of sp³-hybridized carbons (Fsp3) is 0.476. The molecular weight excluding hydrogens is 344 g/mol. The Morgan fingerprint density at radius 2 is 2.19 bits per heavy atom. The lowest BCUT2D eigenvalue weighted by Gasteiger charge is -2.38. The van der Waals surface area contributed by atoms with Gasteiger partial charge in [0, 0.05) is 32.6 Å². The first kappa shape index (κ1) is 19.5. The summed E-state index contributed by atoms with van der Waals surface area (Å²) < 4.78 is 10.8. The van der Waals surface area contributed by atoms with Crippen molar-refractivity contribution in [2.75, 3.05) is 26.7 Å². The maximum atomic E-state index is 12.9. The molecule has 2 aromatic rings. The molecule has 2 N–H and O–H groups in total. The summed E-state index contributed by atoms with van der Waals surface area (Å²) in [6.45, 7) is 3.95. The lowest BCUT2D eigenvalue weighted by molar-refractivity contribution is -0.157. The number of rotatable bonds is 8. The Labute approximate surface area is 160 Å². The molecule has 6 nitrogen and oxygen atoms in total. The second-order valence-corrected chi connectivity index (χ2v) is 7.15. The van der Waals surface area contributed by atoms with Gasteiger partial charge in [-0.05, 0) is 49.6 Å². The summed E-state index contributed by atoms with van der Waals surface area (Å²) in [4.78, 5) is 14.6. The lowest BCUT2D eigenvalue weighted by Crippen LogP contribution is -2.57. The van der Waals surface area contributed by atoms with Crippen molar-refractivity contribution in [2.24, 2.45) is 0 Å². The number of hydrogen-bond donors (Lipinski definition) is 2. The van der Waals surface area contributed by atoms with E-state index < -0.39 is 5.60 Å². The van der Waals surface area contributed by atoms with Gasteiger partial charge in [-0.3, -0.25) is 4.79 Å². The number of benzene rings is 1. The van der Waals surface area contributed by atoms with Crippen LogP contribution in [0.3, 0.4) is 0 Å². The first-order chi connectivity index (χ1) is 13.0. The highest BCUT2D eigenvalue weighted by atomic mass is 16.5. The van der Waals surface area contributed by atoms with Gasteiger partial charge in [0.25, 0.3) is 5.91 Å². The molecule has 0 saturated carbocycles. The molecule has 1 aliphatic heterocycles. The molecule has 1 aromatic carbocycles. The second-order valence-electron chi connectivity index (χ2n) is 7.15. The lowest BCUT2D eigenvalue weighted by atomic mass is 9.91. The summed E-state index contributed by atoms with van der Waals surface area (Å²) >= 11 is 0. The fourth-order valence-corrected chi connectivity index (χ4v) is 3.50. The molecule has 1 aromatic heterocycles. The zero-order valence-electron chi connectivity index (χ0n) is 16.0. The summed E-state index contributed by atoms with van der Waals surface area (Å²) in [7, 11) is 1.62. The van der Waals surface area contributed by atoms with Crippen LogP contribution in [0.4, 0.5) is 0 Å². The fourth-order valence-electron chi connectivity index (χ4n) is 3.50. The Bertz CT molecular complexity index is 773. The van der Waals surface area contributed by atoms with Crippen LogP contribution in [-0.2, 0) is 17.8 Å². The van der Waals surface area contributed by atoms with E-state index in [9.17, 15) is 9.90 Å². The number of piperidine rings is 1. The minimum Gasteiger partial charge on any atom is -0.497 e. The molecule has 0 unspecified atom stereocenters. The van der Waals surface area contributed by atoms with Crippen LogP contribution in [0.5, 0.6) is 5.75 Å². The van der Waals surface area contributed by atoms with E-state index in [1.54, 1.807) is 12.0 Å². The normalized spacial score (nSPS) is 20.1. The van der Waals surface area contributed by atoms with Crippen molar-refractivity contribution in [3.8, 4) is 5.75 Å². The molecule has 0 radical (unpaired) electrons. The Hall–Kier alpha value is -2.31. The minimum absolute atomic E-state index is 0.210. The standard InChI is InChI=1S/C21H28N2O4/c1-16-7-8-18(27-16)9-11-22-15-21(25)10-4-12-23(20(21)24)14-17-5-3-6-19(13-17)26-2/h3,5-8,13,22,25H,4,9-12,14-15H2,1-2H3/t21-/m1/s1. The SMILES string of the molecule is COc1cccc(CN2CCC[C@@](O)(CNCCc3ccc(C)o3)C2=O)c1. The zero-order valence-corrected chi connectivity index (χ0v) is 16.0. The van der Waals surface area contributed by atoms with Gasteiger partial charge in [-0.1, -0.05) is 12.1 Å². The van der Waals surface area contributed by atoms with Gasteiger partial charge in [0.2, 0.25) is 0 Å². The Balaban J connectivity index is 1.54. The predicted molar refractivity (Wildman–Crippen MR) is 103 cm³/mol. The minimum atomic E-state index is -1.35. The Kier molecular flexibility index (Phi) is 6.19. The largest absolute Gasteiger partial charge is 0.497 e. The monoisotopic (exact) mass is 372 g/mol. The van der Waals surface area contributed by atoms with E-state index in [4.69, 9.17) is 9.15 Å². The van der Waals surface area contributed by atoms with Gasteiger partial charge in [-0.2, -0.15) is 0 Å². The zero-order chi connectivity index (χ0) is 19.3. The van der Waals surface area contributed by atoms with Gasteiger partial charge in [-0.25, -0.2) is 0 Å². The Morgan fingerprint density at radius 1 is 1.33 bits per heavy atom. The number of nitrogens with one attached hydrogen (secondary N) is 1. The number of aryl methyl sites for hydroxylation is 1. The van der Waals surface area contributed by atoms with E-state index in [2.05, 4.69) is 5.32 Å². The van der Waals surface area contributed by atoms with Crippen LogP contribution in [0.15, 0.2) is 40.8 Å². The van der Waals surface area contributed by atoms with E-state index in [1.165, 1.54) is 0 Å². The van der Waals surface area contributed by atoms with Gasteiger partial charge in [-0.15, -0.1) is 0 Å². The second kappa shape index (κ2) is 8.59. The number of aliphatic hydroxyl groups is 1.